The van der Waals surface area contributed by atoms with E-state index in [0.717, 1.165) is 44.9 Å². The second-order valence-electron chi connectivity index (χ2n) is 6.59. The van der Waals surface area contributed by atoms with Gasteiger partial charge in [0.2, 0.25) is 11.8 Å². The maximum absolute atomic E-state index is 13.1. The quantitative estimate of drug-likeness (QED) is 0.735. The number of amides is 2. The number of carbonyl (C=O) groups excluding carboxylic acids is 2. The Morgan fingerprint density at radius 1 is 1.00 bits per heavy atom. The average Bonchev–Trinajstić information content (AvgIpc) is 3.18. The molecule has 28 heavy (non-hydrogen) atoms. The maximum Gasteiger partial charge on any atom is 0.243 e. The summed E-state index contributed by atoms with van der Waals surface area (Å²) in [6, 6.07) is 7.25. The van der Waals surface area contributed by atoms with E-state index in [0.29, 0.717) is 0 Å². The van der Waals surface area contributed by atoms with Crippen molar-refractivity contribution in [2.24, 2.45) is 0 Å². The number of anilines is 1. The number of thiophene rings is 1. The van der Waals surface area contributed by atoms with Crippen LogP contribution in [0.4, 0.5) is 14.5 Å². The zero-order valence-electron chi connectivity index (χ0n) is 15.3. The van der Waals surface area contributed by atoms with Gasteiger partial charge in [0.1, 0.15) is 0 Å². The Bertz CT molecular complexity index is 808. The van der Waals surface area contributed by atoms with Gasteiger partial charge in [0.25, 0.3) is 0 Å². The Balaban J connectivity index is 1.34. The van der Waals surface area contributed by atoms with Gasteiger partial charge in [-0.1, -0.05) is 6.07 Å². The van der Waals surface area contributed by atoms with Crippen molar-refractivity contribution in [3.8, 4) is 0 Å². The lowest BCUT2D eigenvalue weighted by atomic mass is 10.3. The van der Waals surface area contributed by atoms with Crippen LogP contribution in [0.15, 0.2) is 35.7 Å². The summed E-state index contributed by atoms with van der Waals surface area (Å²) in [6.07, 6.45) is 0. The first-order valence-electron chi connectivity index (χ1n) is 8.98. The van der Waals surface area contributed by atoms with Gasteiger partial charge in [-0.2, -0.15) is 0 Å². The highest BCUT2D eigenvalue weighted by atomic mass is 32.1. The van der Waals surface area contributed by atoms with Gasteiger partial charge >= 0.3 is 0 Å². The molecule has 2 N–H and O–H groups in total. The zero-order valence-corrected chi connectivity index (χ0v) is 16.1. The second kappa shape index (κ2) is 9.72. The molecule has 0 unspecified atom stereocenters. The summed E-state index contributed by atoms with van der Waals surface area (Å²) in [5.74, 6) is -2.77. The third-order valence-electron chi connectivity index (χ3n) is 4.44. The first-order chi connectivity index (χ1) is 13.5. The minimum atomic E-state index is -1.04. The topological polar surface area (TPSA) is 64.7 Å². The van der Waals surface area contributed by atoms with Crippen LogP contribution >= 0.6 is 11.3 Å². The molecule has 0 atom stereocenters. The number of benzene rings is 1. The van der Waals surface area contributed by atoms with Gasteiger partial charge in [-0.05, 0) is 23.6 Å². The highest BCUT2D eigenvalue weighted by Gasteiger charge is 2.19. The van der Waals surface area contributed by atoms with E-state index in [4.69, 9.17) is 0 Å². The zero-order chi connectivity index (χ0) is 19.9. The number of piperazine rings is 1. The lowest BCUT2D eigenvalue weighted by Crippen LogP contribution is -2.49. The number of nitrogens with zero attached hydrogens (tertiary/aromatic N) is 2. The van der Waals surface area contributed by atoms with Crippen molar-refractivity contribution in [3.63, 3.8) is 0 Å². The second-order valence-corrected chi connectivity index (χ2v) is 7.62. The minimum absolute atomic E-state index is 0.139. The van der Waals surface area contributed by atoms with Gasteiger partial charge in [0.15, 0.2) is 11.6 Å². The van der Waals surface area contributed by atoms with E-state index >= 15 is 0 Å². The van der Waals surface area contributed by atoms with Gasteiger partial charge in [-0.3, -0.25) is 19.4 Å². The molecule has 0 bridgehead atoms. The fraction of sp³-hybridized carbons (Fsp3) is 0.368. The van der Waals surface area contributed by atoms with Crippen LogP contribution < -0.4 is 10.6 Å². The predicted octanol–water partition coefficient (Wildman–Crippen LogP) is 1.90. The standard InChI is InChI=1S/C19H22F2N4O2S/c20-16-4-3-14(10-17(16)21)23-18(26)11-22-19(27)13-25-7-5-24(6-8-25)12-15-2-1-9-28-15/h1-4,9-10H,5-8,11-13H2,(H,22,27)(H,23,26). The molecule has 6 nitrogen and oxygen atoms in total. The summed E-state index contributed by atoms with van der Waals surface area (Å²) in [6.45, 7) is 4.30. The fourth-order valence-corrected chi connectivity index (χ4v) is 3.69. The monoisotopic (exact) mass is 408 g/mol. The van der Waals surface area contributed by atoms with Crippen LogP contribution in [0.25, 0.3) is 0 Å². The van der Waals surface area contributed by atoms with Gasteiger partial charge in [0, 0.05) is 49.4 Å². The SMILES string of the molecule is O=C(CN1CCN(Cc2cccs2)CC1)NCC(=O)Nc1ccc(F)c(F)c1. The van der Waals surface area contributed by atoms with E-state index in [1.807, 2.05) is 11.0 Å². The summed E-state index contributed by atoms with van der Waals surface area (Å²) in [5.41, 5.74) is 0.139. The molecular weight excluding hydrogens is 386 g/mol. The van der Waals surface area contributed by atoms with Crippen LogP contribution in [0.5, 0.6) is 0 Å². The van der Waals surface area contributed by atoms with Crippen LogP contribution in [0.1, 0.15) is 4.88 Å². The van der Waals surface area contributed by atoms with Gasteiger partial charge in [-0.15, -0.1) is 11.3 Å². The molecule has 1 aliphatic rings. The van der Waals surface area contributed by atoms with Crippen LogP contribution in [0.3, 0.4) is 0 Å². The number of carbonyl (C=O) groups is 2. The van der Waals surface area contributed by atoms with E-state index < -0.39 is 17.5 Å². The van der Waals surface area contributed by atoms with Crippen molar-refractivity contribution in [1.82, 2.24) is 15.1 Å². The third-order valence-corrected chi connectivity index (χ3v) is 5.30. The van der Waals surface area contributed by atoms with Crippen LogP contribution in [-0.2, 0) is 16.1 Å². The molecule has 1 fully saturated rings. The van der Waals surface area contributed by atoms with Crippen LogP contribution in [0, 0.1) is 11.6 Å². The number of hydrogen-bond donors (Lipinski definition) is 2. The molecule has 0 spiro atoms. The Labute approximate surface area is 166 Å². The van der Waals surface area contributed by atoms with E-state index in [2.05, 4.69) is 27.0 Å². The van der Waals surface area contributed by atoms with Crippen molar-refractivity contribution >= 4 is 28.8 Å². The van der Waals surface area contributed by atoms with Crippen LogP contribution in [0.2, 0.25) is 0 Å². The molecule has 0 aliphatic carbocycles. The largest absolute Gasteiger partial charge is 0.346 e. The fourth-order valence-electron chi connectivity index (χ4n) is 2.95. The van der Waals surface area contributed by atoms with Gasteiger partial charge < -0.3 is 10.6 Å². The smallest absolute Gasteiger partial charge is 0.243 e. The Morgan fingerprint density at radius 3 is 2.43 bits per heavy atom. The van der Waals surface area contributed by atoms with E-state index in [1.165, 1.54) is 10.9 Å². The van der Waals surface area contributed by atoms with Crippen LogP contribution in [-0.4, -0.2) is 60.9 Å². The van der Waals surface area contributed by atoms with E-state index in [-0.39, 0.29) is 24.7 Å². The molecule has 150 valence electrons. The Hall–Kier alpha value is -2.36. The van der Waals surface area contributed by atoms with E-state index in [9.17, 15) is 18.4 Å². The molecule has 2 amide bonds. The molecule has 0 radical (unpaired) electrons. The molecule has 1 saturated heterocycles. The Morgan fingerprint density at radius 2 is 1.75 bits per heavy atom. The lowest BCUT2D eigenvalue weighted by molar-refractivity contribution is -0.125. The number of halogens is 2. The number of hydrogen-bond acceptors (Lipinski definition) is 5. The van der Waals surface area contributed by atoms with Gasteiger partial charge in [-0.25, -0.2) is 8.78 Å². The normalized spacial score (nSPS) is 15.4. The van der Waals surface area contributed by atoms with Crippen molar-refractivity contribution in [1.29, 1.82) is 0 Å². The molecule has 3 rings (SSSR count). The molecular formula is C19H22F2N4O2S. The molecule has 1 aromatic carbocycles. The highest BCUT2D eigenvalue weighted by molar-refractivity contribution is 7.09. The first kappa shape index (κ1) is 20.4. The van der Waals surface area contributed by atoms with Crippen molar-refractivity contribution in [3.05, 3.63) is 52.2 Å². The van der Waals surface area contributed by atoms with Crippen molar-refractivity contribution < 1.29 is 18.4 Å². The summed E-state index contributed by atoms with van der Waals surface area (Å²) in [4.78, 5) is 29.6. The highest BCUT2D eigenvalue weighted by Crippen LogP contribution is 2.14. The minimum Gasteiger partial charge on any atom is -0.346 e. The summed E-state index contributed by atoms with van der Waals surface area (Å²) in [5, 5.41) is 7.04. The van der Waals surface area contributed by atoms with Crippen molar-refractivity contribution in [2.75, 3.05) is 44.6 Å². The molecule has 1 aliphatic heterocycles. The maximum atomic E-state index is 13.1. The van der Waals surface area contributed by atoms with Crippen molar-refractivity contribution in [2.45, 2.75) is 6.54 Å². The Kier molecular flexibility index (Phi) is 7.07. The van der Waals surface area contributed by atoms with Gasteiger partial charge in [0.05, 0.1) is 13.1 Å². The lowest BCUT2D eigenvalue weighted by Gasteiger charge is -2.34. The summed E-state index contributed by atoms with van der Waals surface area (Å²) >= 11 is 1.74. The number of nitrogens with one attached hydrogen (secondary N) is 2. The molecule has 0 saturated carbocycles. The third kappa shape index (κ3) is 6.08. The predicted molar refractivity (Wildman–Crippen MR) is 104 cm³/mol. The molecule has 1 aromatic heterocycles. The number of rotatable bonds is 7. The molecule has 2 aromatic rings. The summed E-state index contributed by atoms with van der Waals surface area (Å²) < 4.78 is 26.0. The molecule has 2 heterocycles. The van der Waals surface area contributed by atoms with E-state index in [1.54, 1.807) is 11.3 Å². The molecule has 9 heteroatoms. The summed E-state index contributed by atoms with van der Waals surface area (Å²) in [7, 11) is 0. The average molecular weight is 408 g/mol. The first-order valence-corrected chi connectivity index (χ1v) is 9.86.